The molecule has 17 heavy (non-hydrogen) atoms. The van der Waals surface area contributed by atoms with Crippen LogP contribution in [0.1, 0.15) is 18.0 Å². The second-order valence-corrected chi connectivity index (χ2v) is 5.25. The number of rotatable bonds is 2. The van der Waals surface area contributed by atoms with E-state index in [4.69, 9.17) is 5.73 Å². The molecule has 4 heteroatoms. The number of piperidine rings is 1. The zero-order valence-electron chi connectivity index (χ0n) is 10.0. The summed E-state index contributed by atoms with van der Waals surface area (Å²) in [5.74, 6) is 1.14. The Labute approximate surface area is 101 Å². The molecule has 0 aliphatic carbocycles. The van der Waals surface area contributed by atoms with Crippen LogP contribution >= 0.6 is 0 Å². The summed E-state index contributed by atoms with van der Waals surface area (Å²) >= 11 is 0. The van der Waals surface area contributed by atoms with Crippen molar-refractivity contribution < 1.29 is 0 Å². The van der Waals surface area contributed by atoms with Gasteiger partial charge in [-0.1, -0.05) is 6.07 Å². The van der Waals surface area contributed by atoms with E-state index < -0.39 is 0 Å². The van der Waals surface area contributed by atoms with Crippen LogP contribution in [-0.2, 0) is 6.54 Å². The molecule has 0 saturated carbocycles. The van der Waals surface area contributed by atoms with Crippen LogP contribution in [0.25, 0.3) is 0 Å². The molecule has 0 radical (unpaired) electrons. The van der Waals surface area contributed by atoms with Crippen LogP contribution in [0.3, 0.4) is 0 Å². The summed E-state index contributed by atoms with van der Waals surface area (Å²) in [5.41, 5.74) is 7.01. The van der Waals surface area contributed by atoms with Gasteiger partial charge < -0.3 is 15.2 Å². The maximum absolute atomic E-state index is 11.8. The molecule has 2 N–H and O–H groups in total. The van der Waals surface area contributed by atoms with E-state index in [0.717, 1.165) is 32.7 Å². The summed E-state index contributed by atoms with van der Waals surface area (Å²) < 4.78 is 1.97. The third-order valence-corrected chi connectivity index (χ3v) is 4.00. The highest BCUT2D eigenvalue weighted by Gasteiger charge is 2.33. The largest absolute Gasteiger partial charge is 0.329 e. The smallest absolute Gasteiger partial charge is 0.250 e. The van der Waals surface area contributed by atoms with Gasteiger partial charge in [-0.05, 0) is 18.4 Å². The normalized spacial score (nSPS) is 27.8. The highest BCUT2D eigenvalue weighted by atomic mass is 16.1. The second kappa shape index (κ2) is 4.27. The molecule has 3 rings (SSSR count). The lowest BCUT2D eigenvalue weighted by molar-refractivity contribution is 0.123. The molecular formula is C13H19N3O. The molecular weight excluding hydrogens is 214 g/mol. The number of likely N-dealkylation sites (tertiary alicyclic amines) is 1. The van der Waals surface area contributed by atoms with Crippen molar-refractivity contribution in [2.24, 2.45) is 11.7 Å². The van der Waals surface area contributed by atoms with Crippen LogP contribution in [0, 0.1) is 5.92 Å². The van der Waals surface area contributed by atoms with Crippen LogP contribution < -0.4 is 11.3 Å². The van der Waals surface area contributed by atoms with Crippen molar-refractivity contribution >= 4 is 0 Å². The molecule has 4 nitrogen and oxygen atoms in total. The second-order valence-electron chi connectivity index (χ2n) is 5.25. The van der Waals surface area contributed by atoms with Gasteiger partial charge in [-0.2, -0.15) is 0 Å². The maximum atomic E-state index is 11.8. The summed E-state index contributed by atoms with van der Waals surface area (Å²) in [7, 11) is 0. The van der Waals surface area contributed by atoms with Crippen molar-refractivity contribution in [2.45, 2.75) is 18.9 Å². The minimum Gasteiger partial charge on any atom is -0.329 e. The zero-order chi connectivity index (χ0) is 11.8. The standard InChI is InChI=1S/C13H19N3O/c14-4-5-15-7-10-6-11(9-15)12-2-1-3-13(17)16(12)8-10/h1-3,10-11H,4-9,14H2/t10-,11-/m0/s1. The Kier molecular flexibility index (Phi) is 2.76. The van der Waals surface area contributed by atoms with Crippen LogP contribution in [-0.4, -0.2) is 35.6 Å². The summed E-state index contributed by atoms with van der Waals surface area (Å²) in [6.07, 6.45) is 1.23. The Morgan fingerprint density at radius 1 is 1.29 bits per heavy atom. The monoisotopic (exact) mass is 233 g/mol. The fourth-order valence-electron chi connectivity index (χ4n) is 3.36. The van der Waals surface area contributed by atoms with Gasteiger partial charge in [0.15, 0.2) is 0 Å². The first kappa shape index (κ1) is 11.0. The number of nitrogens with two attached hydrogens (primary N) is 1. The lowest BCUT2D eigenvalue weighted by Crippen LogP contribution is -2.48. The summed E-state index contributed by atoms with van der Waals surface area (Å²) in [6, 6.07) is 5.66. The topological polar surface area (TPSA) is 51.3 Å². The first-order chi connectivity index (χ1) is 8.28. The van der Waals surface area contributed by atoms with E-state index in [1.807, 2.05) is 10.6 Å². The first-order valence-electron chi connectivity index (χ1n) is 6.40. The Hall–Kier alpha value is -1.13. The van der Waals surface area contributed by atoms with Gasteiger partial charge in [-0.15, -0.1) is 0 Å². The quantitative estimate of drug-likeness (QED) is 0.795. The SMILES string of the molecule is NCCN1C[C@@H]2C[C@@H](C1)c1cccc(=O)n1C2. The number of pyridine rings is 1. The Morgan fingerprint density at radius 2 is 2.18 bits per heavy atom. The molecule has 1 saturated heterocycles. The summed E-state index contributed by atoms with van der Waals surface area (Å²) in [6.45, 7) is 4.73. The molecule has 2 aliphatic heterocycles. The number of nitrogens with zero attached hydrogens (tertiary/aromatic N) is 2. The van der Waals surface area contributed by atoms with E-state index in [-0.39, 0.29) is 5.56 Å². The predicted molar refractivity (Wildman–Crippen MR) is 67.0 cm³/mol. The highest BCUT2D eigenvalue weighted by molar-refractivity contribution is 5.16. The molecule has 2 aliphatic rings. The third-order valence-electron chi connectivity index (χ3n) is 4.00. The molecule has 1 aromatic heterocycles. The third kappa shape index (κ3) is 1.91. The van der Waals surface area contributed by atoms with Crippen molar-refractivity contribution in [2.75, 3.05) is 26.2 Å². The van der Waals surface area contributed by atoms with E-state index in [2.05, 4.69) is 11.0 Å². The average molecular weight is 233 g/mol. The van der Waals surface area contributed by atoms with Gasteiger partial charge in [0.2, 0.25) is 0 Å². The van der Waals surface area contributed by atoms with Crippen LogP contribution in [0.4, 0.5) is 0 Å². The molecule has 0 spiro atoms. The van der Waals surface area contributed by atoms with Crippen LogP contribution in [0.5, 0.6) is 0 Å². The van der Waals surface area contributed by atoms with Gasteiger partial charge in [0.25, 0.3) is 5.56 Å². The fraction of sp³-hybridized carbons (Fsp3) is 0.615. The van der Waals surface area contributed by atoms with Gasteiger partial charge >= 0.3 is 0 Å². The summed E-state index contributed by atoms with van der Waals surface area (Å²) in [5, 5.41) is 0. The van der Waals surface area contributed by atoms with Crippen molar-refractivity contribution in [3.8, 4) is 0 Å². The Bertz CT molecular complexity index is 468. The van der Waals surface area contributed by atoms with E-state index >= 15 is 0 Å². The number of fused-ring (bicyclic) bond motifs is 4. The molecule has 2 atom stereocenters. The molecule has 0 amide bonds. The van der Waals surface area contributed by atoms with E-state index in [0.29, 0.717) is 11.8 Å². The molecule has 1 aromatic rings. The average Bonchev–Trinajstić information content (AvgIpc) is 2.31. The zero-order valence-corrected chi connectivity index (χ0v) is 10.0. The lowest BCUT2D eigenvalue weighted by Gasteiger charge is -2.42. The Balaban J connectivity index is 1.93. The highest BCUT2D eigenvalue weighted by Crippen LogP contribution is 2.34. The van der Waals surface area contributed by atoms with Gasteiger partial charge in [-0.3, -0.25) is 4.79 Å². The van der Waals surface area contributed by atoms with Gasteiger partial charge in [-0.25, -0.2) is 0 Å². The van der Waals surface area contributed by atoms with Crippen molar-refractivity contribution in [3.05, 3.63) is 34.2 Å². The molecule has 0 unspecified atom stereocenters. The van der Waals surface area contributed by atoms with E-state index in [1.165, 1.54) is 12.1 Å². The minimum absolute atomic E-state index is 0.157. The van der Waals surface area contributed by atoms with E-state index in [1.54, 1.807) is 6.07 Å². The molecule has 3 heterocycles. The molecule has 92 valence electrons. The number of aromatic nitrogens is 1. The van der Waals surface area contributed by atoms with Crippen LogP contribution in [0.2, 0.25) is 0 Å². The Morgan fingerprint density at radius 3 is 3.00 bits per heavy atom. The lowest BCUT2D eigenvalue weighted by atomic mass is 9.83. The molecule has 0 aromatic carbocycles. The van der Waals surface area contributed by atoms with E-state index in [9.17, 15) is 4.79 Å². The number of hydrogen-bond donors (Lipinski definition) is 1. The van der Waals surface area contributed by atoms with Crippen molar-refractivity contribution in [1.82, 2.24) is 9.47 Å². The minimum atomic E-state index is 0.157. The number of hydrogen-bond acceptors (Lipinski definition) is 3. The predicted octanol–water partition coefficient (Wildman–Crippen LogP) is 0.226. The first-order valence-corrected chi connectivity index (χ1v) is 6.40. The van der Waals surface area contributed by atoms with Gasteiger partial charge in [0.1, 0.15) is 0 Å². The van der Waals surface area contributed by atoms with Crippen molar-refractivity contribution in [3.63, 3.8) is 0 Å². The van der Waals surface area contributed by atoms with Crippen LogP contribution in [0.15, 0.2) is 23.0 Å². The fourth-order valence-corrected chi connectivity index (χ4v) is 3.36. The van der Waals surface area contributed by atoms with Gasteiger partial charge in [0.05, 0.1) is 0 Å². The molecule has 2 bridgehead atoms. The molecule has 1 fully saturated rings. The summed E-state index contributed by atoms with van der Waals surface area (Å²) in [4.78, 5) is 14.3. The maximum Gasteiger partial charge on any atom is 0.250 e. The van der Waals surface area contributed by atoms with Crippen molar-refractivity contribution in [1.29, 1.82) is 0 Å². The van der Waals surface area contributed by atoms with Gasteiger partial charge in [0, 0.05) is 50.4 Å².